The van der Waals surface area contributed by atoms with E-state index in [4.69, 9.17) is 4.74 Å². The largest absolute Gasteiger partial charge is 0.480 e. The Hall–Kier alpha value is -3.56. The normalized spacial score (nSPS) is 12.3. The van der Waals surface area contributed by atoms with Crippen molar-refractivity contribution in [3.8, 4) is 5.88 Å². The Labute approximate surface area is 168 Å². The summed E-state index contributed by atoms with van der Waals surface area (Å²) in [6.07, 6.45) is -3.49. The summed E-state index contributed by atoms with van der Waals surface area (Å²) in [5.41, 5.74) is -0.864. The molecule has 0 saturated carbocycles. The second-order valence-corrected chi connectivity index (χ2v) is 6.18. The molecule has 0 saturated heterocycles. The van der Waals surface area contributed by atoms with Crippen molar-refractivity contribution in [3.63, 3.8) is 0 Å². The number of aromatic nitrogens is 3. The summed E-state index contributed by atoms with van der Waals surface area (Å²) in [6, 6.07) is 9.24. The number of methoxy groups -OCH3 is 1. The maximum atomic E-state index is 13.5. The van der Waals surface area contributed by atoms with Crippen molar-refractivity contribution in [2.45, 2.75) is 18.9 Å². The summed E-state index contributed by atoms with van der Waals surface area (Å²) in [4.78, 5) is 16.5. The Morgan fingerprint density at radius 1 is 1.10 bits per heavy atom. The van der Waals surface area contributed by atoms with E-state index < -0.39 is 36.1 Å². The van der Waals surface area contributed by atoms with Crippen LogP contribution >= 0.6 is 0 Å². The number of carbonyl (C=O) groups excluding carboxylic acids is 1. The van der Waals surface area contributed by atoms with Gasteiger partial charge in [-0.1, -0.05) is 24.3 Å². The number of nitrogens with zero attached hydrogens (tertiary/aromatic N) is 3. The van der Waals surface area contributed by atoms with E-state index in [0.29, 0.717) is 11.1 Å². The van der Waals surface area contributed by atoms with Gasteiger partial charge in [0.2, 0.25) is 5.88 Å². The van der Waals surface area contributed by atoms with Gasteiger partial charge >= 0.3 is 6.18 Å². The number of hydrogen-bond donors (Lipinski definition) is 1. The molecule has 0 aliphatic carbocycles. The predicted octanol–water partition coefficient (Wildman–Crippen LogP) is 3.89. The first-order valence-electron chi connectivity index (χ1n) is 8.69. The second-order valence-electron chi connectivity index (χ2n) is 6.18. The molecular weight excluding hydrogens is 404 g/mol. The summed E-state index contributed by atoms with van der Waals surface area (Å²) < 4.78 is 58.4. The second kappa shape index (κ2) is 8.85. The molecule has 3 rings (SSSR count). The Bertz CT molecular complexity index is 1010. The van der Waals surface area contributed by atoms with Gasteiger partial charge in [0.1, 0.15) is 6.67 Å². The number of benzene rings is 1. The van der Waals surface area contributed by atoms with E-state index in [1.807, 2.05) is 0 Å². The van der Waals surface area contributed by atoms with Crippen molar-refractivity contribution < 1.29 is 27.1 Å². The first-order chi connectivity index (χ1) is 14.3. The van der Waals surface area contributed by atoms with Crippen molar-refractivity contribution in [2.75, 3.05) is 7.11 Å². The molecule has 30 heavy (non-hydrogen) atoms. The van der Waals surface area contributed by atoms with Gasteiger partial charge in [-0.3, -0.25) is 9.78 Å². The molecule has 0 spiro atoms. The zero-order valence-corrected chi connectivity index (χ0v) is 15.7. The third-order valence-corrected chi connectivity index (χ3v) is 4.24. The van der Waals surface area contributed by atoms with Crippen LogP contribution in [0.15, 0.2) is 54.7 Å². The minimum atomic E-state index is -4.69. The Morgan fingerprint density at radius 3 is 2.40 bits per heavy atom. The van der Waals surface area contributed by atoms with E-state index in [0.717, 1.165) is 12.1 Å². The van der Waals surface area contributed by atoms with E-state index in [-0.39, 0.29) is 11.6 Å². The van der Waals surface area contributed by atoms with Gasteiger partial charge < -0.3 is 10.1 Å². The number of alkyl halides is 4. The predicted molar refractivity (Wildman–Crippen MR) is 98.4 cm³/mol. The van der Waals surface area contributed by atoms with E-state index in [1.165, 1.54) is 49.7 Å². The first kappa shape index (κ1) is 21.2. The molecule has 0 fully saturated rings. The highest BCUT2D eigenvalue weighted by Gasteiger charge is 2.37. The zero-order chi connectivity index (χ0) is 21.7. The van der Waals surface area contributed by atoms with E-state index >= 15 is 0 Å². The topological polar surface area (TPSA) is 77.0 Å². The molecule has 0 aliphatic heterocycles. The summed E-state index contributed by atoms with van der Waals surface area (Å²) >= 11 is 0. The number of ether oxygens (including phenoxy) is 1. The van der Waals surface area contributed by atoms with E-state index in [9.17, 15) is 22.4 Å². The smallest absolute Gasteiger partial charge is 0.418 e. The van der Waals surface area contributed by atoms with Crippen LogP contribution in [0, 0.1) is 0 Å². The molecule has 6 nitrogen and oxygen atoms in total. The van der Waals surface area contributed by atoms with Crippen LogP contribution in [0.2, 0.25) is 0 Å². The number of nitrogens with one attached hydrogen (secondary N) is 1. The number of carbonyl (C=O) groups is 1. The monoisotopic (exact) mass is 420 g/mol. The minimum absolute atomic E-state index is 0.120. The van der Waals surface area contributed by atoms with Gasteiger partial charge in [-0.05, 0) is 29.3 Å². The van der Waals surface area contributed by atoms with Gasteiger partial charge in [-0.15, -0.1) is 10.2 Å². The van der Waals surface area contributed by atoms with Crippen molar-refractivity contribution in [2.24, 2.45) is 0 Å². The summed E-state index contributed by atoms with van der Waals surface area (Å²) in [6.45, 7) is -0.726. The zero-order valence-electron chi connectivity index (χ0n) is 15.7. The minimum Gasteiger partial charge on any atom is -0.480 e. The summed E-state index contributed by atoms with van der Waals surface area (Å²) in [5, 5.41) is 9.90. The number of halogens is 4. The van der Waals surface area contributed by atoms with Crippen LogP contribution in [0.3, 0.4) is 0 Å². The molecule has 1 aromatic carbocycles. The molecule has 0 unspecified atom stereocenters. The lowest BCUT2D eigenvalue weighted by molar-refractivity contribution is -0.138. The molecule has 1 N–H and O–H groups in total. The summed E-state index contributed by atoms with van der Waals surface area (Å²) in [7, 11) is 1.38. The standard InChI is InChI=1S/C20H16F4N4O2/c1-30-16-9-8-15(27-28-16)19(29)26-17(13-6-4-12(11-21)5-7-13)18-14(20(22,23)24)3-2-10-25-18/h2-10,17H,11H2,1H3,(H,26,29)/t17-/m0/s1. The van der Waals surface area contributed by atoms with E-state index in [2.05, 4.69) is 20.5 Å². The molecule has 2 aromatic heterocycles. The first-order valence-corrected chi connectivity index (χ1v) is 8.69. The average molecular weight is 420 g/mol. The van der Waals surface area contributed by atoms with Crippen LogP contribution in [0.25, 0.3) is 0 Å². The lowest BCUT2D eigenvalue weighted by atomic mass is 9.97. The molecule has 0 aliphatic rings. The highest BCUT2D eigenvalue weighted by atomic mass is 19.4. The molecule has 0 radical (unpaired) electrons. The summed E-state index contributed by atoms with van der Waals surface area (Å²) in [5.74, 6) is -0.586. The fourth-order valence-corrected chi connectivity index (χ4v) is 2.75. The van der Waals surface area contributed by atoms with Crippen molar-refractivity contribution in [1.29, 1.82) is 0 Å². The lowest BCUT2D eigenvalue weighted by Crippen LogP contribution is -2.32. The van der Waals surface area contributed by atoms with Gasteiger partial charge in [0.05, 0.1) is 24.4 Å². The van der Waals surface area contributed by atoms with Crippen molar-refractivity contribution in [3.05, 3.63) is 82.8 Å². The maximum Gasteiger partial charge on any atom is 0.418 e. The Morgan fingerprint density at radius 2 is 1.83 bits per heavy atom. The molecule has 2 heterocycles. The van der Waals surface area contributed by atoms with Gasteiger partial charge in [-0.25, -0.2) is 4.39 Å². The highest BCUT2D eigenvalue weighted by Crippen LogP contribution is 2.35. The molecule has 0 bridgehead atoms. The van der Waals surface area contributed by atoms with E-state index in [1.54, 1.807) is 0 Å². The van der Waals surface area contributed by atoms with Gasteiger partial charge in [-0.2, -0.15) is 13.2 Å². The quantitative estimate of drug-likeness (QED) is 0.613. The Kier molecular flexibility index (Phi) is 6.24. The van der Waals surface area contributed by atoms with Crippen molar-refractivity contribution in [1.82, 2.24) is 20.5 Å². The number of hydrogen-bond acceptors (Lipinski definition) is 5. The van der Waals surface area contributed by atoms with Crippen LogP contribution in [-0.2, 0) is 12.9 Å². The van der Waals surface area contributed by atoms with Crippen LogP contribution in [0.1, 0.15) is 38.9 Å². The molecule has 1 amide bonds. The third-order valence-electron chi connectivity index (χ3n) is 4.24. The maximum absolute atomic E-state index is 13.5. The van der Waals surface area contributed by atoms with Gasteiger partial charge in [0, 0.05) is 12.3 Å². The van der Waals surface area contributed by atoms with Crippen molar-refractivity contribution >= 4 is 5.91 Å². The lowest BCUT2D eigenvalue weighted by Gasteiger charge is -2.22. The van der Waals surface area contributed by atoms with Crippen LogP contribution in [-0.4, -0.2) is 28.2 Å². The van der Waals surface area contributed by atoms with Gasteiger partial charge in [0.25, 0.3) is 5.91 Å². The SMILES string of the molecule is COc1ccc(C(=O)N[C@@H](c2ccc(CF)cc2)c2ncccc2C(F)(F)F)nn1. The third kappa shape index (κ3) is 4.70. The fourth-order valence-electron chi connectivity index (χ4n) is 2.75. The molecule has 1 atom stereocenters. The fraction of sp³-hybridized carbons (Fsp3) is 0.200. The number of rotatable bonds is 6. The number of amides is 1. The molecule has 3 aromatic rings. The highest BCUT2D eigenvalue weighted by molar-refractivity contribution is 5.92. The van der Waals surface area contributed by atoms with Crippen LogP contribution in [0.4, 0.5) is 17.6 Å². The average Bonchev–Trinajstić information content (AvgIpc) is 2.77. The molecular formula is C20H16F4N4O2. The number of pyridine rings is 1. The van der Waals surface area contributed by atoms with Crippen LogP contribution < -0.4 is 10.1 Å². The molecule has 10 heteroatoms. The van der Waals surface area contributed by atoms with Gasteiger partial charge in [0.15, 0.2) is 5.69 Å². The Balaban J connectivity index is 2.03. The molecule has 156 valence electrons. The van der Waals surface area contributed by atoms with Crippen LogP contribution in [0.5, 0.6) is 5.88 Å².